The number of halogens is 1. The fourth-order valence-electron chi connectivity index (χ4n) is 1.52. The van der Waals surface area contributed by atoms with Gasteiger partial charge in [0.15, 0.2) is 5.17 Å². The molecule has 0 saturated carbocycles. The number of phenolic OH excluding ortho intramolecular Hbond substituents is 1. The number of carbonyl (C=O) groups excluding carboxylic acids is 1. The first-order chi connectivity index (χ1) is 9.95. The summed E-state index contributed by atoms with van der Waals surface area (Å²) in [7, 11) is 0. The first-order valence-electron chi connectivity index (χ1n) is 5.74. The largest absolute Gasteiger partial charge is 0.507 e. The van der Waals surface area contributed by atoms with Crippen molar-refractivity contribution >= 4 is 46.6 Å². The Hall–Kier alpha value is -2.06. The zero-order valence-corrected chi connectivity index (χ0v) is 12.1. The number of benzene rings is 1. The highest BCUT2D eigenvalue weighted by Gasteiger charge is 2.32. The van der Waals surface area contributed by atoms with Gasteiger partial charge in [-0.25, -0.2) is 0 Å². The Morgan fingerprint density at radius 3 is 3.00 bits per heavy atom. The molecule has 1 heterocycles. The molecule has 0 spiro atoms. The SMILES string of the molecule is O=C(O)C[C@@H]1S/C(=N\N=C\c2cc(Cl)ccc2O)NC1=O. The van der Waals surface area contributed by atoms with Gasteiger partial charge in [0.25, 0.3) is 0 Å². The van der Waals surface area contributed by atoms with Gasteiger partial charge in [0.1, 0.15) is 11.0 Å². The summed E-state index contributed by atoms with van der Waals surface area (Å²) >= 11 is 6.78. The minimum absolute atomic E-state index is 0.00443. The van der Waals surface area contributed by atoms with Gasteiger partial charge >= 0.3 is 5.97 Å². The van der Waals surface area contributed by atoms with Crippen molar-refractivity contribution in [2.24, 2.45) is 10.2 Å². The van der Waals surface area contributed by atoms with Crippen molar-refractivity contribution in [1.29, 1.82) is 0 Å². The lowest BCUT2D eigenvalue weighted by Crippen LogP contribution is -2.26. The summed E-state index contributed by atoms with van der Waals surface area (Å²) in [6.45, 7) is 0. The number of amidine groups is 1. The maximum Gasteiger partial charge on any atom is 0.305 e. The third-order valence-corrected chi connectivity index (χ3v) is 3.78. The van der Waals surface area contributed by atoms with Crippen LogP contribution in [0.1, 0.15) is 12.0 Å². The molecule has 21 heavy (non-hydrogen) atoms. The molecule has 2 rings (SSSR count). The second kappa shape index (κ2) is 6.59. The predicted octanol–water partition coefficient (Wildman–Crippen LogP) is 1.44. The lowest BCUT2D eigenvalue weighted by atomic mass is 10.2. The van der Waals surface area contributed by atoms with Crippen LogP contribution < -0.4 is 5.32 Å². The minimum Gasteiger partial charge on any atom is -0.507 e. The molecule has 110 valence electrons. The summed E-state index contributed by atoms with van der Waals surface area (Å²) in [5.74, 6) is -1.48. The van der Waals surface area contributed by atoms with Crippen molar-refractivity contribution in [3.05, 3.63) is 28.8 Å². The molecule has 1 aliphatic rings. The van der Waals surface area contributed by atoms with Crippen LogP contribution in [0, 0.1) is 0 Å². The number of phenols is 1. The summed E-state index contributed by atoms with van der Waals surface area (Å²) in [5, 5.41) is 28.1. The third kappa shape index (κ3) is 4.20. The number of nitrogens with zero attached hydrogens (tertiary/aromatic N) is 2. The van der Waals surface area contributed by atoms with Gasteiger partial charge in [0.05, 0.1) is 12.6 Å². The van der Waals surface area contributed by atoms with E-state index in [1.165, 1.54) is 24.4 Å². The van der Waals surface area contributed by atoms with E-state index in [-0.39, 0.29) is 17.3 Å². The molecule has 3 N–H and O–H groups in total. The topological polar surface area (TPSA) is 111 Å². The maximum atomic E-state index is 11.5. The van der Waals surface area contributed by atoms with E-state index in [0.717, 1.165) is 11.8 Å². The number of thioether (sulfide) groups is 1. The molecule has 1 aliphatic heterocycles. The number of aliphatic carboxylic acids is 1. The van der Waals surface area contributed by atoms with E-state index >= 15 is 0 Å². The quantitative estimate of drug-likeness (QED) is 0.572. The third-order valence-electron chi connectivity index (χ3n) is 2.47. The van der Waals surface area contributed by atoms with Gasteiger partial charge in [-0.05, 0) is 18.2 Å². The lowest BCUT2D eigenvalue weighted by Gasteiger charge is -1.98. The zero-order valence-electron chi connectivity index (χ0n) is 10.5. The van der Waals surface area contributed by atoms with Gasteiger partial charge in [0, 0.05) is 10.6 Å². The molecular formula is C12H10ClN3O4S. The average molecular weight is 328 g/mol. The van der Waals surface area contributed by atoms with Crippen LogP contribution in [0.5, 0.6) is 5.75 Å². The number of nitrogens with one attached hydrogen (secondary N) is 1. The van der Waals surface area contributed by atoms with E-state index in [1.807, 2.05) is 0 Å². The van der Waals surface area contributed by atoms with Gasteiger partial charge in [-0.2, -0.15) is 5.10 Å². The van der Waals surface area contributed by atoms with Crippen molar-refractivity contribution in [2.75, 3.05) is 0 Å². The van der Waals surface area contributed by atoms with Gasteiger partial charge in [0.2, 0.25) is 5.91 Å². The van der Waals surface area contributed by atoms with Crippen LogP contribution in [-0.2, 0) is 9.59 Å². The van der Waals surface area contributed by atoms with Crippen molar-refractivity contribution in [3.8, 4) is 5.75 Å². The number of amides is 1. The molecule has 7 nitrogen and oxygen atoms in total. The van der Waals surface area contributed by atoms with Crippen molar-refractivity contribution in [3.63, 3.8) is 0 Å². The van der Waals surface area contributed by atoms with E-state index in [1.54, 1.807) is 0 Å². The minimum atomic E-state index is -1.06. The first-order valence-corrected chi connectivity index (χ1v) is 7.00. The fourth-order valence-corrected chi connectivity index (χ4v) is 2.61. The van der Waals surface area contributed by atoms with E-state index in [0.29, 0.717) is 10.6 Å². The molecule has 0 bridgehead atoms. The van der Waals surface area contributed by atoms with E-state index < -0.39 is 17.1 Å². The average Bonchev–Trinajstić information content (AvgIpc) is 2.73. The second-order valence-corrected chi connectivity index (χ2v) is 5.67. The number of hydrogen-bond acceptors (Lipinski definition) is 6. The molecule has 1 saturated heterocycles. The van der Waals surface area contributed by atoms with E-state index in [2.05, 4.69) is 15.5 Å². The highest BCUT2D eigenvalue weighted by atomic mass is 35.5. The van der Waals surface area contributed by atoms with Crippen molar-refractivity contribution in [2.45, 2.75) is 11.7 Å². The Balaban J connectivity index is 2.05. The van der Waals surface area contributed by atoms with Crippen LogP contribution in [0.3, 0.4) is 0 Å². The Morgan fingerprint density at radius 1 is 1.52 bits per heavy atom. The van der Waals surface area contributed by atoms with Crippen LogP contribution >= 0.6 is 23.4 Å². The summed E-state index contributed by atoms with van der Waals surface area (Å²) in [6, 6.07) is 4.46. The molecule has 0 aliphatic carbocycles. The second-order valence-electron chi connectivity index (χ2n) is 4.05. The van der Waals surface area contributed by atoms with Crippen LogP contribution in [0.15, 0.2) is 28.4 Å². The summed E-state index contributed by atoms with van der Waals surface area (Å²) in [5.41, 5.74) is 0.378. The van der Waals surface area contributed by atoms with Crippen molar-refractivity contribution < 1.29 is 19.8 Å². The standard InChI is InChI=1S/C12H10ClN3O4S/c13-7-1-2-8(17)6(3-7)5-14-16-12-15-11(20)9(21-12)4-10(18)19/h1-3,5,9,17H,4H2,(H,18,19)(H,15,16,20)/b14-5+/t9-/m0/s1. The molecular weight excluding hydrogens is 318 g/mol. The maximum absolute atomic E-state index is 11.5. The Labute approximate surface area is 128 Å². The van der Waals surface area contributed by atoms with Crippen molar-refractivity contribution in [1.82, 2.24) is 5.32 Å². The molecule has 1 atom stereocenters. The molecule has 1 amide bonds. The highest BCUT2D eigenvalue weighted by molar-refractivity contribution is 8.15. The van der Waals surface area contributed by atoms with Crippen LogP contribution in [-0.4, -0.2) is 38.7 Å². The smallest absolute Gasteiger partial charge is 0.305 e. The lowest BCUT2D eigenvalue weighted by molar-refractivity contribution is -0.138. The monoisotopic (exact) mass is 327 g/mol. The number of carbonyl (C=O) groups is 2. The van der Waals surface area contributed by atoms with E-state index in [9.17, 15) is 14.7 Å². The number of rotatable bonds is 4. The van der Waals surface area contributed by atoms with E-state index in [4.69, 9.17) is 16.7 Å². The fraction of sp³-hybridized carbons (Fsp3) is 0.167. The summed E-state index contributed by atoms with van der Waals surface area (Å²) in [6.07, 6.45) is 1.000. The molecule has 0 radical (unpaired) electrons. The van der Waals surface area contributed by atoms with Gasteiger partial charge in [-0.15, -0.1) is 5.10 Å². The summed E-state index contributed by atoms with van der Waals surface area (Å²) in [4.78, 5) is 22.0. The molecule has 1 aromatic rings. The normalized spacial score (nSPS) is 20.1. The van der Waals surface area contributed by atoms with Crippen LogP contribution in [0.25, 0.3) is 0 Å². The van der Waals surface area contributed by atoms with Gasteiger partial charge in [-0.1, -0.05) is 23.4 Å². The number of hydrogen-bond donors (Lipinski definition) is 3. The highest BCUT2D eigenvalue weighted by Crippen LogP contribution is 2.23. The summed E-state index contributed by atoms with van der Waals surface area (Å²) < 4.78 is 0. The molecule has 0 unspecified atom stereocenters. The number of aromatic hydroxyl groups is 1. The molecule has 1 fully saturated rings. The molecule has 0 aromatic heterocycles. The predicted molar refractivity (Wildman–Crippen MR) is 79.9 cm³/mol. The van der Waals surface area contributed by atoms with Crippen LogP contribution in [0.4, 0.5) is 0 Å². The zero-order chi connectivity index (χ0) is 15.4. The van der Waals surface area contributed by atoms with Gasteiger partial charge < -0.3 is 15.5 Å². The first kappa shape index (κ1) is 15.3. The Bertz CT molecular complexity index is 647. The Kier molecular flexibility index (Phi) is 4.81. The number of carboxylic acids is 1. The molecule has 1 aromatic carbocycles. The van der Waals surface area contributed by atoms with Crippen LogP contribution in [0.2, 0.25) is 5.02 Å². The Morgan fingerprint density at radius 2 is 2.29 bits per heavy atom. The van der Waals surface area contributed by atoms with Gasteiger partial charge in [-0.3, -0.25) is 9.59 Å². The molecule has 9 heteroatoms. The number of carboxylic acid groups (broad SMARTS) is 1.